The number of aromatic nitrogens is 1. The molecule has 1 aliphatic rings. The van der Waals surface area contributed by atoms with Gasteiger partial charge in [0.15, 0.2) is 0 Å². The van der Waals surface area contributed by atoms with E-state index in [2.05, 4.69) is 81.8 Å². The number of benzene rings is 1. The first-order valence-corrected chi connectivity index (χ1v) is 12.1. The number of carbonyl (C=O) groups excluding carboxylic acids is 2. The summed E-state index contributed by atoms with van der Waals surface area (Å²) in [6.45, 7) is 12.0. The van der Waals surface area contributed by atoms with Gasteiger partial charge in [0, 0.05) is 36.4 Å². The average molecular weight is 438 g/mol. The zero-order valence-corrected chi connectivity index (χ0v) is 20.4. The first-order chi connectivity index (χ1) is 15.3. The minimum atomic E-state index is 0.0392. The standard InChI is InChI=1S/C27H39N3O2/c1-6-21(4)29(26(31)19-30(22(5)7-2)27(32)23-14-15-23)18-25-13-10-16-28(25)17-24-12-9-8-11-20(24)3/h8-13,16,21-23H,6-7,14-15,17-19H2,1-5H3/t21-,22+/m0/s1. The highest BCUT2D eigenvalue weighted by Crippen LogP contribution is 2.32. The zero-order valence-electron chi connectivity index (χ0n) is 20.4. The monoisotopic (exact) mass is 437 g/mol. The molecule has 1 aromatic heterocycles. The highest BCUT2D eigenvalue weighted by atomic mass is 16.2. The SMILES string of the molecule is CC[C@@H](C)N(CC(=O)N(Cc1cccn1Cc1ccccc1C)[C@@H](C)CC)C(=O)C1CC1. The van der Waals surface area contributed by atoms with Gasteiger partial charge >= 0.3 is 0 Å². The summed E-state index contributed by atoms with van der Waals surface area (Å²) in [4.78, 5) is 30.1. The molecule has 0 unspecified atom stereocenters. The van der Waals surface area contributed by atoms with E-state index < -0.39 is 0 Å². The van der Waals surface area contributed by atoms with Gasteiger partial charge in [-0.1, -0.05) is 38.1 Å². The molecule has 1 heterocycles. The van der Waals surface area contributed by atoms with Crippen molar-refractivity contribution in [3.63, 3.8) is 0 Å². The van der Waals surface area contributed by atoms with Crippen LogP contribution in [0.3, 0.4) is 0 Å². The second-order valence-electron chi connectivity index (χ2n) is 9.33. The maximum atomic E-state index is 13.5. The van der Waals surface area contributed by atoms with Gasteiger partial charge in [-0.2, -0.15) is 0 Å². The lowest BCUT2D eigenvalue weighted by molar-refractivity contribution is -0.144. The Morgan fingerprint density at radius 2 is 1.66 bits per heavy atom. The molecular weight excluding hydrogens is 398 g/mol. The summed E-state index contributed by atoms with van der Waals surface area (Å²) in [7, 11) is 0. The van der Waals surface area contributed by atoms with Gasteiger partial charge in [0.1, 0.15) is 6.54 Å². The topological polar surface area (TPSA) is 45.6 Å². The van der Waals surface area contributed by atoms with Crippen LogP contribution in [0.4, 0.5) is 0 Å². The summed E-state index contributed by atoms with van der Waals surface area (Å²) >= 11 is 0. The third-order valence-corrected chi connectivity index (χ3v) is 6.94. The van der Waals surface area contributed by atoms with Gasteiger partial charge in [-0.15, -0.1) is 0 Å². The van der Waals surface area contributed by atoms with Crippen molar-refractivity contribution in [2.24, 2.45) is 5.92 Å². The first kappa shape index (κ1) is 24.1. The van der Waals surface area contributed by atoms with Crippen LogP contribution in [0.15, 0.2) is 42.6 Å². The molecule has 0 spiro atoms. The zero-order chi connectivity index (χ0) is 23.3. The summed E-state index contributed by atoms with van der Waals surface area (Å²) in [6, 6.07) is 12.8. The van der Waals surface area contributed by atoms with Crippen molar-refractivity contribution < 1.29 is 9.59 Å². The lowest BCUT2D eigenvalue weighted by Gasteiger charge is -2.34. The van der Waals surface area contributed by atoms with E-state index in [1.54, 1.807) is 0 Å². The molecule has 5 heteroatoms. The molecule has 0 radical (unpaired) electrons. The van der Waals surface area contributed by atoms with E-state index >= 15 is 0 Å². The molecule has 1 aromatic carbocycles. The van der Waals surface area contributed by atoms with Crippen LogP contribution in [-0.4, -0.2) is 44.8 Å². The maximum absolute atomic E-state index is 13.5. The molecule has 0 N–H and O–H groups in total. The van der Waals surface area contributed by atoms with Gasteiger partial charge in [0.25, 0.3) is 0 Å². The first-order valence-electron chi connectivity index (χ1n) is 12.1. The number of aryl methyl sites for hydroxylation is 1. The van der Waals surface area contributed by atoms with Crippen LogP contribution in [0.2, 0.25) is 0 Å². The van der Waals surface area contributed by atoms with Gasteiger partial charge in [0.2, 0.25) is 11.8 Å². The number of carbonyl (C=O) groups is 2. The molecule has 0 bridgehead atoms. The number of nitrogens with zero attached hydrogens (tertiary/aromatic N) is 3. The maximum Gasteiger partial charge on any atom is 0.242 e. The van der Waals surface area contributed by atoms with Crippen LogP contribution >= 0.6 is 0 Å². The minimum Gasteiger partial charge on any atom is -0.345 e. The van der Waals surface area contributed by atoms with Gasteiger partial charge in [-0.25, -0.2) is 0 Å². The quantitative estimate of drug-likeness (QED) is 0.496. The molecule has 1 fully saturated rings. The Hall–Kier alpha value is -2.56. The van der Waals surface area contributed by atoms with Crippen molar-refractivity contribution in [1.82, 2.24) is 14.4 Å². The second kappa shape index (κ2) is 10.8. The van der Waals surface area contributed by atoms with E-state index in [9.17, 15) is 9.59 Å². The number of rotatable bonds is 11. The lowest BCUT2D eigenvalue weighted by Crippen LogP contribution is -2.49. The van der Waals surface area contributed by atoms with E-state index in [-0.39, 0.29) is 36.4 Å². The molecule has 0 aliphatic heterocycles. The van der Waals surface area contributed by atoms with Crippen LogP contribution in [0.5, 0.6) is 0 Å². The van der Waals surface area contributed by atoms with Crippen LogP contribution in [0, 0.1) is 12.8 Å². The fraction of sp³-hybridized carbons (Fsp3) is 0.556. The van der Waals surface area contributed by atoms with Gasteiger partial charge in [-0.3, -0.25) is 9.59 Å². The third-order valence-electron chi connectivity index (χ3n) is 6.94. The van der Waals surface area contributed by atoms with Gasteiger partial charge in [0.05, 0.1) is 6.54 Å². The van der Waals surface area contributed by atoms with Crippen molar-refractivity contribution in [3.8, 4) is 0 Å². The Morgan fingerprint density at radius 1 is 1.00 bits per heavy atom. The molecule has 2 aromatic rings. The highest BCUT2D eigenvalue weighted by molar-refractivity contribution is 5.87. The highest BCUT2D eigenvalue weighted by Gasteiger charge is 2.36. The summed E-state index contributed by atoms with van der Waals surface area (Å²) in [5, 5.41) is 0. The predicted molar refractivity (Wildman–Crippen MR) is 129 cm³/mol. The van der Waals surface area contributed by atoms with Crippen molar-refractivity contribution in [2.75, 3.05) is 6.54 Å². The summed E-state index contributed by atoms with van der Waals surface area (Å²) < 4.78 is 2.23. The smallest absolute Gasteiger partial charge is 0.242 e. The summed E-state index contributed by atoms with van der Waals surface area (Å²) in [6.07, 6.45) is 5.74. The Kier molecular flexibility index (Phi) is 8.16. The van der Waals surface area contributed by atoms with E-state index in [1.165, 1.54) is 11.1 Å². The Labute approximate surface area is 193 Å². The van der Waals surface area contributed by atoms with Crippen LogP contribution < -0.4 is 0 Å². The predicted octanol–water partition coefficient (Wildman–Crippen LogP) is 5.01. The van der Waals surface area contributed by atoms with E-state index in [0.717, 1.165) is 37.9 Å². The lowest BCUT2D eigenvalue weighted by atomic mass is 10.1. The molecule has 32 heavy (non-hydrogen) atoms. The van der Waals surface area contributed by atoms with Crippen LogP contribution in [-0.2, 0) is 22.7 Å². The molecule has 1 saturated carbocycles. The molecule has 0 saturated heterocycles. The van der Waals surface area contributed by atoms with Gasteiger partial charge in [-0.05, 0) is 69.7 Å². The molecule has 1 aliphatic carbocycles. The van der Waals surface area contributed by atoms with Crippen LogP contribution in [0.25, 0.3) is 0 Å². The van der Waals surface area contributed by atoms with Crippen molar-refractivity contribution >= 4 is 11.8 Å². The van der Waals surface area contributed by atoms with Gasteiger partial charge < -0.3 is 14.4 Å². The minimum absolute atomic E-state index is 0.0392. The fourth-order valence-electron chi connectivity index (χ4n) is 4.08. The largest absolute Gasteiger partial charge is 0.345 e. The molecule has 2 amide bonds. The second-order valence-corrected chi connectivity index (χ2v) is 9.33. The molecule has 5 nitrogen and oxygen atoms in total. The third kappa shape index (κ3) is 5.81. The van der Waals surface area contributed by atoms with E-state index in [4.69, 9.17) is 0 Å². The normalized spacial score (nSPS) is 15.3. The van der Waals surface area contributed by atoms with Crippen molar-refractivity contribution in [2.45, 2.75) is 85.5 Å². The van der Waals surface area contributed by atoms with E-state index in [0.29, 0.717) is 6.54 Å². The molecule has 2 atom stereocenters. The number of hydrogen-bond acceptors (Lipinski definition) is 2. The molecule has 3 rings (SSSR count). The number of amides is 2. The molecular formula is C27H39N3O2. The molecule has 174 valence electrons. The Morgan fingerprint density at radius 3 is 2.28 bits per heavy atom. The fourth-order valence-corrected chi connectivity index (χ4v) is 4.08. The van der Waals surface area contributed by atoms with Crippen molar-refractivity contribution in [3.05, 3.63) is 59.4 Å². The summed E-state index contributed by atoms with van der Waals surface area (Å²) in [5.74, 6) is 0.317. The van der Waals surface area contributed by atoms with E-state index in [1.807, 2.05) is 9.80 Å². The Bertz CT molecular complexity index is 915. The number of hydrogen-bond donors (Lipinski definition) is 0. The van der Waals surface area contributed by atoms with Crippen LogP contribution in [0.1, 0.15) is 70.2 Å². The van der Waals surface area contributed by atoms with Crippen molar-refractivity contribution in [1.29, 1.82) is 0 Å². The average Bonchev–Trinajstić information content (AvgIpc) is 3.56. The Balaban J connectivity index is 1.77. The summed E-state index contributed by atoms with van der Waals surface area (Å²) in [5.41, 5.74) is 3.67.